The number of likely N-dealkylation sites (tertiary alicyclic amines) is 3. The van der Waals surface area contributed by atoms with E-state index in [4.69, 9.17) is 15.0 Å². The van der Waals surface area contributed by atoms with E-state index in [1.165, 1.54) is 24.3 Å². The molecule has 444 valence electrons. The number of H-pyrrole nitrogens is 3. The molecular weight excluding hydrogens is 1110 g/mol. The summed E-state index contributed by atoms with van der Waals surface area (Å²) < 4.78 is 26.6. The quantitative estimate of drug-likeness (QED) is 0.130. The van der Waals surface area contributed by atoms with Crippen LogP contribution in [0.25, 0.3) is 66.5 Å². The molecule has 13 nitrogen and oxygen atoms in total. The third-order valence-electron chi connectivity index (χ3n) is 17.5. The Balaban J connectivity index is 0.000000123. The van der Waals surface area contributed by atoms with Gasteiger partial charge in [0.05, 0.1) is 33.1 Å². The lowest BCUT2D eigenvalue weighted by molar-refractivity contribution is 0.0704. The Bertz CT molecular complexity index is 4290. The fourth-order valence-electron chi connectivity index (χ4n) is 12.4. The monoisotopic (exact) mass is 1180 g/mol. The van der Waals surface area contributed by atoms with E-state index < -0.39 is 0 Å². The van der Waals surface area contributed by atoms with Gasteiger partial charge in [0.1, 0.15) is 29.1 Å². The number of aromatic nitrogens is 7. The summed E-state index contributed by atoms with van der Waals surface area (Å²) in [6.07, 6.45) is 9.05. The van der Waals surface area contributed by atoms with Crippen molar-refractivity contribution in [3.63, 3.8) is 0 Å². The molecule has 8 aromatic carbocycles. The highest BCUT2D eigenvalue weighted by molar-refractivity contribution is 5.96. The minimum absolute atomic E-state index is 0.0452. The van der Waals surface area contributed by atoms with Crippen LogP contribution in [-0.2, 0) is 0 Å². The van der Waals surface area contributed by atoms with E-state index in [1.54, 1.807) is 24.4 Å². The van der Waals surface area contributed by atoms with E-state index in [9.17, 15) is 23.2 Å². The maximum absolute atomic E-state index is 13.5. The zero-order chi connectivity index (χ0) is 60.6. The number of halogens is 2. The second-order valence-corrected chi connectivity index (χ2v) is 23.1. The Morgan fingerprint density at radius 2 is 0.685 bits per heavy atom. The van der Waals surface area contributed by atoms with Gasteiger partial charge in [-0.3, -0.25) is 19.4 Å². The van der Waals surface area contributed by atoms with Crippen molar-refractivity contribution in [1.29, 1.82) is 0 Å². The molecule has 0 saturated carbocycles. The molecule has 3 aliphatic heterocycles. The van der Waals surface area contributed by atoms with Gasteiger partial charge < -0.3 is 29.7 Å². The number of benzene rings is 8. The molecule has 3 fully saturated rings. The Labute approximate surface area is 514 Å². The van der Waals surface area contributed by atoms with Gasteiger partial charge in [-0.2, -0.15) is 0 Å². The molecule has 4 aromatic heterocycles. The third-order valence-corrected chi connectivity index (χ3v) is 17.5. The number of pyridine rings is 1. The average Bonchev–Trinajstić information content (AvgIpc) is 3.02. The van der Waals surface area contributed by atoms with Crippen LogP contribution in [0.2, 0.25) is 0 Å². The molecule has 12 aromatic rings. The summed E-state index contributed by atoms with van der Waals surface area (Å²) in [5.74, 6) is 3.84. The maximum Gasteiger partial charge on any atom is 0.253 e. The molecule has 3 saturated heterocycles. The van der Waals surface area contributed by atoms with Gasteiger partial charge in [-0.1, -0.05) is 103 Å². The smallest absolute Gasteiger partial charge is 0.253 e. The number of aromatic amines is 3. The summed E-state index contributed by atoms with van der Waals surface area (Å²) in [5.41, 5.74) is 14.0. The lowest BCUT2D eigenvalue weighted by atomic mass is 9.95. The highest BCUT2D eigenvalue weighted by atomic mass is 19.1. The number of carbonyl (C=O) groups excluding carboxylic acids is 3. The van der Waals surface area contributed by atoms with Gasteiger partial charge in [0.2, 0.25) is 0 Å². The normalized spacial score (nSPS) is 14.9. The second-order valence-electron chi connectivity index (χ2n) is 23.1. The lowest BCUT2D eigenvalue weighted by Crippen LogP contribution is -2.38. The van der Waals surface area contributed by atoms with Gasteiger partial charge in [-0.05, 0) is 175 Å². The van der Waals surface area contributed by atoms with Crippen molar-refractivity contribution in [3.05, 3.63) is 264 Å². The van der Waals surface area contributed by atoms with Crippen molar-refractivity contribution in [1.82, 2.24) is 49.6 Å². The molecule has 0 bridgehead atoms. The molecule has 3 amide bonds. The Hall–Kier alpha value is -10.4. The molecule has 0 radical (unpaired) electrons. The van der Waals surface area contributed by atoms with Crippen LogP contribution in [-0.4, -0.2) is 107 Å². The van der Waals surface area contributed by atoms with Gasteiger partial charge in [-0.15, -0.1) is 0 Å². The van der Waals surface area contributed by atoms with Crippen molar-refractivity contribution in [2.45, 2.75) is 56.3 Å². The molecule has 89 heavy (non-hydrogen) atoms. The minimum atomic E-state index is -0.264. The fourth-order valence-corrected chi connectivity index (χ4v) is 12.4. The fraction of sp³-hybridized carbons (Fsp3) is 0.203. The summed E-state index contributed by atoms with van der Waals surface area (Å²) in [6, 6.07) is 63.8. The van der Waals surface area contributed by atoms with Crippen LogP contribution in [0.3, 0.4) is 0 Å². The van der Waals surface area contributed by atoms with E-state index in [-0.39, 0.29) is 29.4 Å². The molecule has 7 heterocycles. The Kier molecular flexibility index (Phi) is 17.0. The summed E-state index contributed by atoms with van der Waals surface area (Å²) in [5, 5.41) is 0. The number of fused-ring (bicyclic) bond motifs is 3. The Morgan fingerprint density at radius 1 is 0.348 bits per heavy atom. The first-order valence-electron chi connectivity index (χ1n) is 30.6. The second kappa shape index (κ2) is 26.3. The molecule has 0 atom stereocenters. The van der Waals surface area contributed by atoms with Crippen molar-refractivity contribution in [2.24, 2.45) is 0 Å². The van der Waals surface area contributed by atoms with Crippen LogP contribution in [0.1, 0.15) is 105 Å². The number of hydrogen-bond acceptors (Lipinski definition) is 7. The molecule has 0 aliphatic carbocycles. The number of carbonyl (C=O) groups is 3. The van der Waals surface area contributed by atoms with E-state index in [0.29, 0.717) is 42.0 Å². The number of rotatable bonds is 9. The van der Waals surface area contributed by atoms with Crippen LogP contribution in [0.15, 0.2) is 219 Å². The van der Waals surface area contributed by atoms with Gasteiger partial charge in [0, 0.05) is 86.1 Å². The molecule has 0 spiro atoms. The summed E-state index contributed by atoms with van der Waals surface area (Å²) in [7, 11) is 0. The van der Waals surface area contributed by atoms with Gasteiger partial charge in [0.25, 0.3) is 17.7 Å². The molecule has 15 rings (SSSR count). The predicted molar refractivity (Wildman–Crippen MR) is 345 cm³/mol. The van der Waals surface area contributed by atoms with Crippen molar-refractivity contribution >= 4 is 50.8 Å². The number of amides is 3. The molecule has 0 unspecified atom stereocenters. The van der Waals surface area contributed by atoms with E-state index in [2.05, 4.69) is 26.0 Å². The minimum Gasteiger partial charge on any atom is -0.342 e. The SMILES string of the molecule is O=C(c1ccc(-c2ccc(F)cc2)cc1)N1CCC(c2nc3ccccc3[nH]2)CC1.O=C(c1ccc(-c2cccc(F)c2)cc1)N1CCC(c2nc3ccccc3[nH]2)CC1.O=C(c1ccc(-c2cccnc2)cc1)N1CCC(c2nc3ccccc3[nH]2)CC1. The first-order valence-corrected chi connectivity index (χ1v) is 30.6. The van der Waals surface area contributed by atoms with Crippen molar-refractivity contribution in [3.8, 4) is 33.4 Å². The van der Waals surface area contributed by atoms with E-state index in [1.807, 2.05) is 179 Å². The molecule has 3 N–H and O–H groups in total. The van der Waals surface area contributed by atoms with Crippen molar-refractivity contribution in [2.75, 3.05) is 39.3 Å². The molecule has 15 heteroatoms. The first-order chi connectivity index (χ1) is 43.6. The van der Waals surface area contributed by atoms with E-state index >= 15 is 0 Å². The van der Waals surface area contributed by atoms with Crippen LogP contribution < -0.4 is 0 Å². The number of piperidine rings is 3. The largest absolute Gasteiger partial charge is 0.342 e. The number of nitrogens with zero attached hydrogens (tertiary/aromatic N) is 7. The zero-order valence-electron chi connectivity index (χ0n) is 49.1. The summed E-state index contributed by atoms with van der Waals surface area (Å²) in [6.45, 7) is 4.38. The standard InChI is InChI=1S/2C25H22FN3O.C24H22N4O/c26-21-5-3-4-20(16-21)17-8-10-19(11-9-17)25(30)29-14-12-18(13-15-29)24-27-22-6-1-2-7-23(22)28-24;26-21-11-9-18(10-12-21)17-5-7-20(8-6-17)25(30)29-15-13-19(14-16-29)24-27-22-3-1-2-4-23(22)28-24;29-24(19-9-7-17(8-10-19)20-4-3-13-25-16-20)28-14-11-18(12-15-28)23-26-21-5-1-2-6-22(21)27-23/h1-11,16,18H,12-15H2,(H,27,28);1-12,19H,13-16H2,(H,27,28);1-10,13,16,18H,11-12,14-15H2,(H,26,27). The number of nitrogens with one attached hydrogen (secondary N) is 3. The van der Waals surface area contributed by atoms with Gasteiger partial charge >= 0.3 is 0 Å². The number of imidazole rings is 3. The van der Waals surface area contributed by atoms with E-state index in [0.717, 1.165) is 154 Å². The highest BCUT2D eigenvalue weighted by Gasteiger charge is 2.29. The average molecular weight is 1180 g/mol. The number of hydrogen-bond donors (Lipinski definition) is 3. The summed E-state index contributed by atoms with van der Waals surface area (Å²) in [4.78, 5) is 73.2. The van der Waals surface area contributed by atoms with Crippen molar-refractivity contribution < 1.29 is 23.2 Å². The molecule has 3 aliphatic rings. The zero-order valence-corrected chi connectivity index (χ0v) is 49.1. The highest BCUT2D eigenvalue weighted by Crippen LogP contribution is 2.33. The predicted octanol–water partition coefficient (Wildman–Crippen LogP) is 15.4. The first kappa shape index (κ1) is 57.7. The Morgan fingerprint density at radius 3 is 1.03 bits per heavy atom. The lowest BCUT2D eigenvalue weighted by Gasteiger charge is -2.31. The molecular formula is C74H66F2N10O3. The van der Waals surface area contributed by atoms with Crippen LogP contribution >= 0.6 is 0 Å². The third kappa shape index (κ3) is 13.3. The van der Waals surface area contributed by atoms with Crippen LogP contribution in [0.5, 0.6) is 0 Å². The van der Waals surface area contributed by atoms with Gasteiger partial charge in [0.15, 0.2) is 0 Å². The van der Waals surface area contributed by atoms with Gasteiger partial charge in [-0.25, -0.2) is 23.7 Å². The maximum atomic E-state index is 13.5. The van der Waals surface area contributed by atoms with Crippen LogP contribution in [0.4, 0.5) is 8.78 Å². The summed E-state index contributed by atoms with van der Waals surface area (Å²) >= 11 is 0. The topological polar surface area (TPSA) is 160 Å². The number of para-hydroxylation sites is 6. The van der Waals surface area contributed by atoms with Crippen LogP contribution in [0, 0.1) is 11.6 Å².